The molecule has 0 aromatic rings. The standard InChI is InChI=1S/C11H22N2O/c1-4-10(12)11(14)13(7-8(2)3)9-5-6-9/h8-10H,4-7,12H2,1-3H3. The predicted octanol–water partition coefficient (Wildman–Crippen LogP) is 1.37. The van der Waals surface area contributed by atoms with Gasteiger partial charge in [0.25, 0.3) is 0 Å². The van der Waals surface area contributed by atoms with Crippen LogP contribution < -0.4 is 5.73 Å². The van der Waals surface area contributed by atoms with E-state index in [1.54, 1.807) is 0 Å². The Hall–Kier alpha value is -0.570. The van der Waals surface area contributed by atoms with Crippen LogP contribution in [-0.2, 0) is 4.79 Å². The van der Waals surface area contributed by atoms with Gasteiger partial charge in [-0.25, -0.2) is 0 Å². The molecule has 82 valence electrons. The van der Waals surface area contributed by atoms with Gasteiger partial charge in [-0.2, -0.15) is 0 Å². The van der Waals surface area contributed by atoms with Crippen molar-refractivity contribution >= 4 is 5.91 Å². The Morgan fingerprint density at radius 3 is 2.43 bits per heavy atom. The van der Waals surface area contributed by atoms with Gasteiger partial charge in [0.1, 0.15) is 0 Å². The van der Waals surface area contributed by atoms with Crippen LogP contribution in [0.15, 0.2) is 0 Å². The third-order valence-corrected chi connectivity index (χ3v) is 2.59. The number of carbonyl (C=O) groups excluding carboxylic acids is 1. The van der Waals surface area contributed by atoms with Gasteiger partial charge >= 0.3 is 0 Å². The van der Waals surface area contributed by atoms with E-state index >= 15 is 0 Å². The van der Waals surface area contributed by atoms with Crippen LogP contribution in [0.2, 0.25) is 0 Å². The van der Waals surface area contributed by atoms with Crippen LogP contribution in [0.25, 0.3) is 0 Å². The van der Waals surface area contributed by atoms with Gasteiger partial charge in [-0.1, -0.05) is 20.8 Å². The van der Waals surface area contributed by atoms with Gasteiger partial charge in [0, 0.05) is 12.6 Å². The molecule has 1 aliphatic carbocycles. The minimum atomic E-state index is -0.297. The first-order valence-corrected chi connectivity index (χ1v) is 5.62. The number of carbonyl (C=O) groups is 1. The van der Waals surface area contributed by atoms with Crippen molar-refractivity contribution in [3.8, 4) is 0 Å². The Labute approximate surface area is 86.6 Å². The van der Waals surface area contributed by atoms with Crippen molar-refractivity contribution in [3.63, 3.8) is 0 Å². The van der Waals surface area contributed by atoms with Gasteiger partial charge in [-0.05, 0) is 25.2 Å². The molecule has 1 unspecified atom stereocenters. The molecule has 1 aliphatic rings. The summed E-state index contributed by atoms with van der Waals surface area (Å²) in [5.41, 5.74) is 5.77. The monoisotopic (exact) mass is 198 g/mol. The lowest BCUT2D eigenvalue weighted by Crippen LogP contribution is -2.46. The molecule has 14 heavy (non-hydrogen) atoms. The Balaban J connectivity index is 2.53. The van der Waals surface area contributed by atoms with E-state index in [9.17, 15) is 4.79 Å². The summed E-state index contributed by atoms with van der Waals surface area (Å²) in [6.45, 7) is 7.10. The average Bonchev–Trinajstić information content (AvgIpc) is 2.94. The Kier molecular flexibility index (Phi) is 3.93. The molecule has 3 nitrogen and oxygen atoms in total. The molecule has 0 aromatic heterocycles. The zero-order valence-electron chi connectivity index (χ0n) is 9.49. The van der Waals surface area contributed by atoms with Crippen molar-refractivity contribution < 1.29 is 4.79 Å². The van der Waals surface area contributed by atoms with E-state index in [0.29, 0.717) is 12.0 Å². The van der Waals surface area contributed by atoms with Crippen molar-refractivity contribution in [2.45, 2.75) is 52.1 Å². The first-order valence-electron chi connectivity index (χ1n) is 5.62. The van der Waals surface area contributed by atoms with E-state index in [1.165, 1.54) is 0 Å². The van der Waals surface area contributed by atoms with E-state index in [1.807, 2.05) is 11.8 Å². The Morgan fingerprint density at radius 2 is 2.07 bits per heavy atom. The molecule has 0 heterocycles. The van der Waals surface area contributed by atoms with Gasteiger partial charge in [-0.15, -0.1) is 0 Å². The summed E-state index contributed by atoms with van der Waals surface area (Å²) >= 11 is 0. The zero-order chi connectivity index (χ0) is 10.7. The number of amides is 1. The number of nitrogens with zero attached hydrogens (tertiary/aromatic N) is 1. The first kappa shape index (κ1) is 11.5. The lowest BCUT2D eigenvalue weighted by molar-refractivity contribution is -0.133. The summed E-state index contributed by atoms with van der Waals surface area (Å²) in [6.07, 6.45) is 3.06. The largest absolute Gasteiger partial charge is 0.338 e. The highest BCUT2D eigenvalue weighted by Crippen LogP contribution is 2.28. The minimum absolute atomic E-state index is 0.142. The molecule has 0 saturated heterocycles. The van der Waals surface area contributed by atoms with Crippen molar-refractivity contribution in [1.29, 1.82) is 0 Å². The summed E-state index contributed by atoms with van der Waals surface area (Å²) in [5, 5.41) is 0. The number of rotatable bonds is 5. The van der Waals surface area contributed by atoms with E-state index in [4.69, 9.17) is 5.73 Å². The topological polar surface area (TPSA) is 46.3 Å². The highest BCUT2D eigenvalue weighted by Gasteiger charge is 2.34. The first-order chi connectivity index (χ1) is 6.56. The molecular weight excluding hydrogens is 176 g/mol. The zero-order valence-corrected chi connectivity index (χ0v) is 9.49. The van der Waals surface area contributed by atoms with Gasteiger partial charge < -0.3 is 10.6 Å². The summed E-state index contributed by atoms with van der Waals surface area (Å²) in [6, 6.07) is 0.192. The van der Waals surface area contributed by atoms with Gasteiger partial charge in [0.05, 0.1) is 6.04 Å². The molecule has 1 fully saturated rings. The fourth-order valence-corrected chi connectivity index (χ4v) is 1.59. The molecule has 0 radical (unpaired) electrons. The number of nitrogens with two attached hydrogens (primary N) is 1. The molecule has 0 aliphatic heterocycles. The highest BCUT2D eigenvalue weighted by atomic mass is 16.2. The third-order valence-electron chi connectivity index (χ3n) is 2.59. The number of hydrogen-bond donors (Lipinski definition) is 1. The molecule has 1 saturated carbocycles. The van der Waals surface area contributed by atoms with E-state index in [2.05, 4.69) is 13.8 Å². The van der Waals surface area contributed by atoms with E-state index in [0.717, 1.165) is 25.8 Å². The fourth-order valence-electron chi connectivity index (χ4n) is 1.59. The van der Waals surface area contributed by atoms with Gasteiger partial charge in [-0.3, -0.25) is 4.79 Å². The maximum Gasteiger partial charge on any atom is 0.239 e. The third kappa shape index (κ3) is 2.98. The van der Waals surface area contributed by atoms with Gasteiger partial charge in [0.2, 0.25) is 5.91 Å². The van der Waals surface area contributed by atoms with Crippen LogP contribution in [0.4, 0.5) is 0 Å². The summed E-state index contributed by atoms with van der Waals surface area (Å²) in [4.78, 5) is 13.9. The maximum atomic E-state index is 11.9. The lowest BCUT2D eigenvalue weighted by Gasteiger charge is -2.26. The fraction of sp³-hybridized carbons (Fsp3) is 0.909. The van der Waals surface area contributed by atoms with Crippen LogP contribution in [0.3, 0.4) is 0 Å². The molecule has 2 N–H and O–H groups in total. The van der Waals surface area contributed by atoms with Crippen molar-refractivity contribution in [2.24, 2.45) is 11.7 Å². The SMILES string of the molecule is CCC(N)C(=O)N(CC(C)C)C1CC1. The highest BCUT2D eigenvalue weighted by molar-refractivity contribution is 5.82. The lowest BCUT2D eigenvalue weighted by atomic mass is 10.1. The predicted molar refractivity (Wildman–Crippen MR) is 57.8 cm³/mol. The second kappa shape index (κ2) is 4.78. The molecule has 3 heteroatoms. The van der Waals surface area contributed by atoms with E-state index < -0.39 is 0 Å². The molecule has 0 bridgehead atoms. The second-order valence-electron chi connectivity index (χ2n) is 4.63. The summed E-state index contributed by atoms with van der Waals surface area (Å²) in [5.74, 6) is 0.673. The van der Waals surface area contributed by atoms with Crippen molar-refractivity contribution in [3.05, 3.63) is 0 Å². The van der Waals surface area contributed by atoms with Crippen LogP contribution in [-0.4, -0.2) is 29.4 Å². The second-order valence-corrected chi connectivity index (χ2v) is 4.63. The van der Waals surface area contributed by atoms with Crippen molar-refractivity contribution in [2.75, 3.05) is 6.54 Å². The Morgan fingerprint density at radius 1 is 1.50 bits per heavy atom. The average molecular weight is 198 g/mol. The van der Waals surface area contributed by atoms with Crippen LogP contribution >= 0.6 is 0 Å². The maximum absolute atomic E-state index is 11.9. The van der Waals surface area contributed by atoms with E-state index in [-0.39, 0.29) is 11.9 Å². The molecule has 1 rings (SSSR count). The minimum Gasteiger partial charge on any atom is -0.338 e. The van der Waals surface area contributed by atoms with Crippen LogP contribution in [0, 0.1) is 5.92 Å². The van der Waals surface area contributed by atoms with Crippen molar-refractivity contribution in [1.82, 2.24) is 4.90 Å². The smallest absolute Gasteiger partial charge is 0.239 e. The quantitative estimate of drug-likeness (QED) is 0.725. The van der Waals surface area contributed by atoms with Crippen LogP contribution in [0.1, 0.15) is 40.0 Å². The summed E-state index contributed by atoms with van der Waals surface area (Å²) < 4.78 is 0. The molecule has 1 atom stereocenters. The molecule has 0 spiro atoms. The van der Waals surface area contributed by atoms with Crippen LogP contribution in [0.5, 0.6) is 0 Å². The van der Waals surface area contributed by atoms with Gasteiger partial charge in [0.15, 0.2) is 0 Å². The molecule has 0 aromatic carbocycles. The Bertz CT molecular complexity index is 199. The number of hydrogen-bond acceptors (Lipinski definition) is 2. The molecular formula is C11H22N2O. The summed E-state index contributed by atoms with van der Waals surface area (Å²) in [7, 11) is 0. The normalized spacial score (nSPS) is 18.4. The molecule has 1 amide bonds.